The molecule has 1 aliphatic rings. The molecule has 23 heavy (non-hydrogen) atoms. The van der Waals surface area contributed by atoms with Crippen molar-refractivity contribution < 1.29 is 13.9 Å². The molecule has 0 radical (unpaired) electrons. The van der Waals surface area contributed by atoms with Crippen molar-refractivity contribution in [1.29, 1.82) is 0 Å². The molecule has 6 heteroatoms. The van der Waals surface area contributed by atoms with Gasteiger partial charge >= 0.3 is 11.6 Å². The number of halogens is 2. The van der Waals surface area contributed by atoms with Crippen LogP contribution in [0.5, 0.6) is 5.75 Å². The summed E-state index contributed by atoms with van der Waals surface area (Å²) < 4.78 is 10.6. The average molecular weight is 353 g/mol. The van der Waals surface area contributed by atoms with E-state index in [0.29, 0.717) is 11.3 Å². The number of carbonyl (C=O) groups excluding carboxylic acids is 1. The van der Waals surface area contributed by atoms with Crippen LogP contribution >= 0.6 is 23.2 Å². The van der Waals surface area contributed by atoms with Gasteiger partial charge in [0.1, 0.15) is 15.8 Å². The summed E-state index contributed by atoms with van der Waals surface area (Å²) in [5.74, 6) is -0.394. The quantitative estimate of drug-likeness (QED) is 0.469. The fourth-order valence-corrected chi connectivity index (χ4v) is 3.13. The van der Waals surface area contributed by atoms with Gasteiger partial charge in [-0.3, -0.25) is 4.79 Å². The van der Waals surface area contributed by atoms with E-state index in [1.165, 1.54) is 12.1 Å². The van der Waals surface area contributed by atoms with Gasteiger partial charge in [-0.2, -0.15) is 0 Å². The number of esters is 1. The molecule has 1 saturated carbocycles. The van der Waals surface area contributed by atoms with E-state index in [4.69, 9.17) is 32.4 Å². The summed E-state index contributed by atoms with van der Waals surface area (Å²) in [6, 6.07) is 7.91. The first kappa shape index (κ1) is 16.1. The number of ether oxygens (including phenoxy) is 1. The molecule has 2 atom stereocenters. The van der Waals surface area contributed by atoms with E-state index in [2.05, 4.69) is 0 Å². The van der Waals surface area contributed by atoms with Gasteiger partial charge in [0.05, 0.1) is 5.92 Å². The molecular weight excluding hydrogens is 339 g/mol. The number of hydrogen-bond acceptors (Lipinski definition) is 4. The fourth-order valence-electron chi connectivity index (χ4n) is 2.86. The highest BCUT2D eigenvalue weighted by atomic mass is 35.5. The molecule has 4 nitrogen and oxygen atoms in total. The monoisotopic (exact) mass is 352 g/mol. The molecule has 0 N–H and O–H groups in total. The second kappa shape index (κ2) is 5.69. The molecule has 3 rings (SSSR count). The van der Waals surface area contributed by atoms with Gasteiger partial charge in [-0.15, -0.1) is 0 Å². The maximum absolute atomic E-state index is 12.4. The van der Waals surface area contributed by atoms with Crippen LogP contribution in [0.4, 0.5) is 0 Å². The van der Waals surface area contributed by atoms with Gasteiger partial charge in [-0.05, 0) is 35.6 Å². The lowest BCUT2D eigenvalue weighted by atomic mass is 10.1. The first-order valence-corrected chi connectivity index (χ1v) is 7.83. The molecule has 0 saturated heterocycles. The highest BCUT2D eigenvalue weighted by Gasteiger charge is 2.61. The Bertz CT molecular complexity index is 862. The molecular formula is C17H14Cl2O4. The Morgan fingerprint density at radius 1 is 1.26 bits per heavy atom. The van der Waals surface area contributed by atoms with Crippen LogP contribution < -0.4 is 10.4 Å². The minimum atomic E-state index is -0.453. The second-order valence-corrected chi connectivity index (χ2v) is 7.16. The van der Waals surface area contributed by atoms with Crippen LogP contribution in [0.2, 0.25) is 0 Å². The Morgan fingerprint density at radius 2 is 1.96 bits per heavy atom. The second-order valence-electron chi connectivity index (χ2n) is 6.16. The van der Waals surface area contributed by atoms with Crippen molar-refractivity contribution in [2.24, 2.45) is 17.3 Å². The van der Waals surface area contributed by atoms with Gasteiger partial charge < -0.3 is 9.15 Å². The minimum Gasteiger partial charge on any atom is -0.426 e. The van der Waals surface area contributed by atoms with Crippen LogP contribution in [0.3, 0.4) is 0 Å². The van der Waals surface area contributed by atoms with Gasteiger partial charge in [0, 0.05) is 17.5 Å². The predicted molar refractivity (Wildman–Crippen MR) is 88.7 cm³/mol. The molecule has 0 aliphatic heterocycles. The third-order valence-corrected chi connectivity index (χ3v) is 4.54. The summed E-state index contributed by atoms with van der Waals surface area (Å²) in [7, 11) is 0. The van der Waals surface area contributed by atoms with E-state index in [1.54, 1.807) is 24.3 Å². The van der Waals surface area contributed by atoms with E-state index >= 15 is 0 Å². The molecule has 0 bridgehead atoms. The van der Waals surface area contributed by atoms with Crippen molar-refractivity contribution in [3.8, 4) is 5.75 Å². The van der Waals surface area contributed by atoms with Gasteiger partial charge in [0.25, 0.3) is 0 Å². The maximum atomic E-state index is 12.4. The van der Waals surface area contributed by atoms with Gasteiger partial charge in [-0.25, -0.2) is 4.79 Å². The number of carbonyl (C=O) groups is 1. The van der Waals surface area contributed by atoms with Crippen LogP contribution in [-0.2, 0) is 4.79 Å². The summed E-state index contributed by atoms with van der Waals surface area (Å²) in [6.45, 7) is 3.91. The van der Waals surface area contributed by atoms with Crippen LogP contribution in [0.25, 0.3) is 11.0 Å². The third kappa shape index (κ3) is 3.14. The lowest BCUT2D eigenvalue weighted by Gasteiger charge is -2.06. The molecule has 0 unspecified atom stereocenters. The summed E-state index contributed by atoms with van der Waals surface area (Å²) in [6.07, 6.45) is 1.66. The lowest BCUT2D eigenvalue weighted by molar-refractivity contribution is -0.136. The molecule has 1 aromatic carbocycles. The predicted octanol–water partition coefficient (Wildman–Crippen LogP) is 4.29. The first-order valence-electron chi connectivity index (χ1n) is 7.07. The molecule has 1 heterocycles. The van der Waals surface area contributed by atoms with Crippen LogP contribution in [0.15, 0.2) is 50.1 Å². The zero-order chi connectivity index (χ0) is 16.8. The molecule has 120 valence electrons. The number of fused-ring (bicyclic) bond motifs is 1. The largest absolute Gasteiger partial charge is 0.426 e. The van der Waals surface area contributed by atoms with Crippen LogP contribution in [-0.4, -0.2) is 5.97 Å². The summed E-state index contributed by atoms with van der Waals surface area (Å²) in [5.41, 5.74) is -0.334. The standard InChI is InChI=1S/C17H14Cl2O4/c1-17(2)11(8-13(18)19)15(17)16(21)22-10-5-3-9-4-6-14(20)23-12(9)7-10/h3-8,11,15H,1-2H3/t11-,15+/m0/s1. The normalized spacial score (nSPS) is 21.7. The molecule has 0 amide bonds. The van der Waals surface area contributed by atoms with Crippen LogP contribution in [0, 0.1) is 17.3 Å². The summed E-state index contributed by atoms with van der Waals surface area (Å²) in [4.78, 5) is 23.6. The topological polar surface area (TPSA) is 56.5 Å². The van der Waals surface area contributed by atoms with Gasteiger partial charge in [0.2, 0.25) is 0 Å². The molecule has 1 aliphatic carbocycles. The van der Waals surface area contributed by atoms with Crippen molar-refractivity contribution in [3.05, 3.63) is 51.3 Å². The SMILES string of the molecule is CC1(C)[C@@H](C=C(Cl)Cl)[C@@H]1C(=O)Oc1ccc2ccc(=O)oc2c1. The first-order chi connectivity index (χ1) is 10.8. The fraction of sp³-hybridized carbons (Fsp3) is 0.294. The Hall–Kier alpha value is -1.78. The molecule has 0 spiro atoms. The molecule has 2 aromatic rings. The zero-order valence-electron chi connectivity index (χ0n) is 12.5. The van der Waals surface area contributed by atoms with Crippen molar-refractivity contribution in [2.45, 2.75) is 13.8 Å². The van der Waals surface area contributed by atoms with Gasteiger partial charge in [0.15, 0.2) is 0 Å². The number of benzene rings is 1. The molecule has 1 fully saturated rings. The lowest BCUT2D eigenvalue weighted by Crippen LogP contribution is -2.13. The van der Waals surface area contributed by atoms with E-state index in [-0.39, 0.29) is 27.7 Å². The Morgan fingerprint density at radius 3 is 2.65 bits per heavy atom. The van der Waals surface area contributed by atoms with E-state index in [1.807, 2.05) is 13.8 Å². The van der Waals surface area contributed by atoms with E-state index in [9.17, 15) is 9.59 Å². The Balaban J connectivity index is 1.81. The Labute approximate surface area is 142 Å². The van der Waals surface area contributed by atoms with Crippen molar-refractivity contribution >= 4 is 40.1 Å². The summed E-state index contributed by atoms with van der Waals surface area (Å²) >= 11 is 11.4. The number of hydrogen-bond donors (Lipinski definition) is 0. The van der Waals surface area contributed by atoms with E-state index in [0.717, 1.165) is 5.39 Å². The van der Waals surface area contributed by atoms with Gasteiger partial charge in [-0.1, -0.05) is 37.0 Å². The van der Waals surface area contributed by atoms with Crippen molar-refractivity contribution in [1.82, 2.24) is 0 Å². The van der Waals surface area contributed by atoms with E-state index < -0.39 is 5.63 Å². The zero-order valence-corrected chi connectivity index (χ0v) is 14.0. The maximum Gasteiger partial charge on any atom is 0.336 e. The average Bonchev–Trinajstić information content (AvgIpc) is 2.98. The third-order valence-electron chi connectivity index (χ3n) is 4.28. The number of rotatable bonds is 3. The minimum absolute atomic E-state index is 0.0570. The molecule has 1 aromatic heterocycles. The smallest absolute Gasteiger partial charge is 0.336 e. The van der Waals surface area contributed by atoms with Crippen LogP contribution in [0.1, 0.15) is 13.8 Å². The van der Waals surface area contributed by atoms with Crippen molar-refractivity contribution in [2.75, 3.05) is 0 Å². The number of allylic oxidation sites excluding steroid dienone is 1. The highest BCUT2D eigenvalue weighted by Crippen LogP contribution is 2.60. The van der Waals surface area contributed by atoms with Crippen molar-refractivity contribution in [3.63, 3.8) is 0 Å². The Kier molecular flexibility index (Phi) is 3.98. The highest BCUT2D eigenvalue weighted by molar-refractivity contribution is 6.55. The summed E-state index contributed by atoms with van der Waals surface area (Å²) in [5, 5.41) is 0.755.